The highest BCUT2D eigenvalue weighted by Crippen LogP contribution is 2.40. The molecule has 2 heterocycles. The Morgan fingerprint density at radius 3 is 2.41 bits per heavy atom. The van der Waals surface area contributed by atoms with Crippen molar-refractivity contribution in [1.29, 1.82) is 0 Å². The summed E-state index contributed by atoms with van der Waals surface area (Å²) in [6, 6.07) is 16.0. The second kappa shape index (κ2) is 9.71. The van der Waals surface area contributed by atoms with E-state index in [4.69, 9.17) is 0 Å². The van der Waals surface area contributed by atoms with Crippen LogP contribution < -0.4 is 4.90 Å². The van der Waals surface area contributed by atoms with Crippen molar-refractivity contribution in [3.05, 3.63) is 65.5 Å². The highest BCUT2D eigenvalue weighted by Gasteiger charge is 2.34. The number of hydrogen-bond donors (Lipinski definition) is 0. The molecule has 1 aliphatic rings. The number of aryl methyl sites for hydroxylation is 1. The summed E-state index contributed by atoms with van der Waals surface area (Å²) in [5, 5.41) is 9.63. The largest absolute Gasteiger partial charge is 0.369 e. The zero-order chi connectivity index (χ0) is 24.5. The average molecular weight is 521 g/mol. The first kappa shape index (κ1) is 24.7. The molecule has 0 spiro atoms. The van der Waals surface area contributed by atoms with Crippen LogP contribution in [0.25, 0.3) is 5.69 Å². The molecule has 182 valence electrons. The molecule has 11 heteroatoms. The lowest BCUT2D eigenvalue weighted by Gasteiger charge is -2.19. The molecule has 1 unspecified atom stereocenters. The topological polar surface area (TPSA) is 102 Å². The Hall–Kier alpha value is -2.37. The first-order valence-corrected chi connectivity index (χ1v) is 16.0. The summed E-state index contributed by atoms with van der Waals surface area (Å²) in [7, 11) is -6.18. The van der Waals surface area contributed by atoms with Crippen molar-refractivity contribution in [2.45, 2.75) is 18.0 Å². The van der Waals surface area contributed by atoms with Gasteiger partial charge in [-0.2, -0.15) is 0 Å². The zero-order valence-corrected chi connectivity index (χ0v) is 21.8. The van der Waals surface area contributed by atoms with Crippen LogP contribution in [0.1, 0.15) is 22.9 Å². The number of rotatable bonds is 9. The number of thioether (sulfide) groups is 1. The van der Waals surface area contributed by atoms with Crippen LogP contribution in [0.15, 0.2) is 53.7 Å². The van der Waals surface area contributed by atoms with Gasteiger partial charge in [-0.15, -0.1) is 10.2 Å². The second-order valence-corrected chi connectivity index (χ2v) is 14.3. The lowest BCUT2D eigenvalue weighted by Crippen LogP contribution is -2.28. The van der Waals surface area contributed by atoms with Gasteiger partial charge in [-0.1, -0.05) is 42.1 Å². The van der Waals surface area contributed by atoms with E-state index in [1.165, 1.54) is 24.3 Å². The molecule has 8 nitrogen and oxygen atoms in total. The van der Waals surface area contributed by atoms with E-state index in [2.05, 4.69) is 21.2 Å². The van der Waals surface area contributed by atoms with Crippen LogP contribution in [0, 0.1) is 6.92 Å². The van der Waals surface area contributed by atoms with E-state index < -0.39 is 19.7 Å². The maximum Gasteiger partial charge on any atom is 0.195 e. The fraction of sp³-hybridized carbons (Fsp3) is 0.391. The number of sulfone groups is 2. The highest BCUT2D eigenvalue weighted by molar-refractivity contribution is 8.00. The first-order chi connectivity index (χ1) is 16.0. The van der Waals surface area contributed by atoms with Gasteiger partial charge in [0.1, 0.15) is 25.5 Å². The van der Waals surface area contributed by atoms with Crippen LogP contribution in [0.2, 0.25) is 0 Å². The third-order valence-corrected chi connectivity index (χ3v) is 8.76. The molecular formula is C23H28N4O4S3. The van der Waals surface area contributed by atoms with Crippen LogP contribution >= 0.6 is 11.8 Å². The Bertz CT molecular complexity index is 1400. The number of nitrogens with zero attached hydrogens (tertiary/aromatic N) is 4. The summed E-state index contributed by atoms with van der Waals surface area (Å²) in [6.07, 6.45) is 2.48. The molecule has 0 fully saturated rings. The van der Waals surface area contributed by atoms with Gasteiger partial charge in [-0.3, -0.25) is 4.57 Å². The van der Waals surface area contributed by atoms with Gasteiger partial charge in [0, 0.05) is 42.7 Å². The molecular weight excluding hydrogens is 492 g/mol. The third kappa shape index (κ3) is 5.81. The van der Waals surface area contributed by atoms with Crippen molar-refractivity contribution in [3.8, 4) is 5.69 Å². The lowest BCUT2D eigenvalue weighted by atomic mass is 10.0. The summed E-state index contributed by atoms with van der Waals surface area (Å²) >= 11 is 1.37. The molecule has 1 aromatic heterocycles. The quantitative estimate of drug-likeness (QED) is 0.397. The van der Waals surface area contributed by atoms with Crippen LogP contribution in [-0.2, 0) is 19.7 Å². The summed E-state index contributed by atoms with van der Waals surface area (Å²) in [5.74, 6) is 1.16. The van der Waals surface area contributed by atoms with Crippen LogP contribution in [0.5, 0.6) is 0 Å². The van der Waals surface area contributed by atoms with E-state index in [1.807, 2.05) is 54.0 Å². The molecule has 0 aliphatic carbocycles. The molecule has 0 N–H and O–H groups in total. The van der Waals surface area contributed by atoms with Gasteiger partial charge in [0.25, 0.3) is 0 Å². The average Bonchev–Trinajstić information content (AvgIpc) is 3.32. The third-order valence-electron chi connectivity index (χ3n) is 5.70. The molecule has 0 amide bonds. The lowest BCUT2D eigenvalue weighted by molar-refractivity contribution is 0.599. The minimum atomic E-state index is -3.10. The maximum absolute atomic E-state index is 11.8. The number of hydrogen-bond acceptors (Lipinski definition) is 8. The Morgan fingerprint density at radius 2 is 1.71 bits per heavy atom. The minimum Gasteiger partial charge on any atom is -0.369 e. The first-order valence-electron chi connectivity index (χ1n) is 10.9. The maximum atomic E-state index is 11.8. The van der Waals surface area contributed by atoms with Gasteiger partial charge < -0.3 is 4.90 Å². The van der Waals surface area contributed by atoms with Gasteiger partial charge in [0.05, 0.1) is 17.4 Å². The van der Waals surface area contributed by atoms with Crippen LogP contribution in [0.3, 0.4) is 0 Å². The molecule has 34 heavy (non-hydrogen) atoms. The van der Waals surface area contributed by atoms with E-state index in [1.54, 1.807) is 0 Å². The van der Waals surface area contributed by atoms with E-state index in [0.717, 1.165) is 28.3 Å². The zero-order valence-electron chi connectivity index (χ0n) is 19.4. The molecule has 2 aromatic carbocycles. The van der Waals surface area contributed by atoms with E-state index in [9.17, 15) is 16.8 Å². The molecule has 3 aromatic rings. The van der Waals surface area contributed by atoms with Gasteiger partial charge in [0.15, 0.2) is 5.16 Å². The molecule has 0 saturated carbocycles. The standard InChI is InChI=1S/C23H28N4O4S3/c1-17-7-6-8-18(15-17)27-22(24-25-23(27)32-12-14-34(3,30)31)20-16-26(11-13-33(2,28)29)21-10-5-4-9-19(20)21/h4-10,15,20H,11-14,16H2,1-3H3. The summed E-state index contributed by atoms with van der Waals surface area (Å²) < 4.78 is 48.9. The minimum absolute atomic E-state index is 0.0548. The van der Waals surface area contributed by atoms with Crippen LogP contribution in [0.4, 0.5) is 5.69 Å². The fourth-order valence-electron chi connectivity index (χ4n) is 4.09. The molecule has 0 saturated heterocycles. The van der Waals surface area contributed by atoms with E-state index in [-0.39, 0.29) is 17.4 Å². The molecule has 4 rings (SSSR count). The van der Waals surface area contributed by atoms with Crippen molar-refractivity contribution in [2.75, 3.05) is 47.8 Å². The monoisotopic (exact) mass is 520 g/mol. The van der Waals surface area contributed by atoms with E-state index in [0.29, 0.717) is 24.0 Å². The number of anilines is 1. The van der Waals surface area contributed by atoms with Crippen molar-refractivity contribution in [1.82, 2.24) is 14.8 Å². The molecule has 1 atom stereocenters. The fourth-order valence-corrected chi connectivity index (χ4v) is 6.80. The normalized spacial score (nSPS) is 16.1. The smallest absolute Gasteiger partial charge is 0.195 e. The van der Waals surface area contributed by atoms with Gasteiger partial charge in [-0.25, -0.2) is 16.8 Å². The Morgan fingerprint density at radius 1 is 0.971 bits per heavy atom. The SMILES string of the molecule is Cc1cccc(-n2c(SCCS(C)(=O)=O)nnc2C2CN(CCS(C)(=O)=O)c3ccccc32)c1. The van der Waals surface area contributed by atoms with Crippen LogP contribution in [-0.4, -0.2) is 74.5 Å². The Balaban J connectivity index is 1.73. The Kier molecular flexibility index (Phi) is 7.07. The summed E-state index contributed by atoms with van der Waals surface area (Å²) in [4.78, 5) is 2.09. The Labute approximate surface area is 205 Å². The van der Waals surface area contributed by atoms with E-state index >= 15 is 0 Å². The van der Waals surface area contributed by atoms with Crippen molar-refractivity contribution in [3.63, 3.8) is 0 Å². The summed E-state index contributed by atoms with van der Waals surface area (Å²) in [6.45, 7) is 3.01. The second-order valence-electron chi connectivity index (χ2n) is 8.68. The van der Waals surface area contributed by atoms with Gasteiger partial charge >= 0.3 is 0 Å². The van der Waals surface area contributed by atoms with Gasteiger partial charge in [-0.05, 0) is 36.2 Å². The number of para-hydroxylation sites is 1. The number of fused-ring (bicyclic) bond motifs is 1. The molecule has 1 aliphatic heterocycles. The predicted molar refractivity (Wildman–Crippen MR) is 137 cm³/mol. The molecule has 0 bridgehead atoms. The van der Waals surface area contributed by atoms with Crippen molar-refractivity contribution < 1.29 is 16.8 Å². The van der Waals surface area contributed by atoms with Gasteiger partial charge in [0.2, 0.25) is 0 Å². The van der Waals surface area contributed by atoms with Crippen molar-refractivity contribution in [2.24, 2.45) is 0 Å². The molecule has 0 radical (unpaired) electrons. The number of aromatic nitrogens is 3. The highest BCUT2D eigenvalue weighted by atomic mass is 32.2. The number of benzene rings is 2. The predicted octanol–water partition coefficient (Wildman–Crippen LogP) is 2.71. The summed E-state index contributed by atoms with van der Waals surface area (Å²) in [5.41, 5.74) is 4.07. The van der Waals surface area contributed by atoms with Crippen molar-refractivity contribution >= 4 is 37.1 Å².